The Hall–Kier alpha value is -0.920. The van der Waals surface area contributed by atoms with E-state index in [9.17, 15) is 13.2 Å². The molecule has 0 radical (unpaired) electrons. The van der Waals surface area contributed by atoms with Crippen LogP contribution in [0, 0.1) is 0 Å². The second-order valence-electron chi connectivity index (χ2n) is 5.23. The Morgan fingerprint density at radius 2 is 2.17 bits per heavy atom. The van der Waals surface area contributed by atoms with E-state index >= 15 is 0 Å². The van der Waals surface area contributed by atoms with Gasteiger partial charge in [0.05, 0.1) is 0 Å². The molecule has 0 aliphatic carbocycles. The Morgan fingerprint density at radius 3 is 2.78 bits per heavy atom. The van der Waals surface area contributed by atoms with Gasteiger partial charge in [-0.3, -0.25) is 4.18 Å². The van der Waals surface area contributed by atoms with Crippen LogP contribution >= 0.6 is 0 Å². The average molecular weight is 274 g/mol. The van der Waals surface area contributed by atoms with Crippen LogP contribution in [0.1, 0.15) is 20.3 Å². The predicted molar refractivity (Wildman–Crippen MR) is 60.2 cm³/mol. The summed E-state index contributed by atoms with van der Waals surface area (Å²) < 4.78 is 39.5. The molecular weight excluding hydrogens is 260 g/mol. The number of hydrogen-bond donors (Lipinski definition) is 0. The summed E-state index contributed by atoms with van der Waals surface area (Å²) in [5.74, 6) is -0.557. The summed E-state index contributed by atoms with van der Waals surface area (Å²) in [4.78, 5) is 11.6. The fourth-order valence-corrected chi connectivity index (χ4v) is 4.56. The smallest absolute Gasteiger partial charge is 0.333 e. The van der Waals surface area contributed by atoms with Gasteiger partial charge in [0.25, 0.3) is 10.1 Å². The van der Waals surface area contributed by atoms with Crippen molar-refractivity contribution in [3.05, 3.63) is 12.2 Å². The van der Waals surface area contributed by atoms with Gasteiger partial charge in [-0.1, -0.05) is 6.58 Å². The van der Waals surface area contributed by atoms with Crippen molar-refractivity contribution in [1.82, 2.24) is 0 Å². The van der Waals surface area contributed by atoms with Crippen LogP contribution in [0.3, 0.4) is 0 Å². The maximum Gasteiger partial charge on any atom is 0.333 e. The predicted octanol–water partition coefficient (Wildman–Crippen LogP) is 0.133. The SMILES string of the molecule is C=C(C)C(=O)OC1(C)C2CC3C(O2)C1OS3(=O)=O. The second-order valence-corrected chi connectivity index (χ2v) is 7.01. The van der Waals surface area contributed by atoms with E-state index in [1.807, 2.05) is 0 Å². The van der Waals surface area contributed by atoms with E-state index in [1.165, 1.54) is 6.92 Å². The van der Waals surface area contributed by atoms with Gasteiger partial charge in [-0.05, 0) is 20.3 Å². The Morgan fingerprint density at radius 1 is 1.50 bits per heavy atom. The summed E-state index contributed by atoms with van der Waals surface area (Å²) in [6, 6.07) is 0. The minimum Gasteiger partial charge on any atom is -0.450 e. The molecule has 5 unspecified atom stereocenters. The van der Waals surface area contributed by atoms with Crippen molar-refractivity contribution in [3.8, 4) is 0 Å². The van der Waals surface area contributed by atoms with Crippen molar-refractivity contribution in [1.29, 1.82) is 0 Å². The van der Waals surface area contributed by atoms with Crippen molar-refractivity contribution in [3.63, 3.8) is 0 Å². The standard InChI is InChI=1S/C11H14O6S/c1-5(2)10(12)16-11(3)7-4-6-8(15-7)9(11)17-18(6,13)14/h6-9H,1,4H2,2-3H3. The number of carbonyl (C=O) groups excluding carboxylic acids is 1. The van der Waals surface area contributed by atoms with Crippen molar-refractivity contribution in [2.45, 2.75) is 49.4 Å². The molecule has 0 aromatic carbocycles. The van der Waals surface area contributed by atoms with Gasteiger partial charge in [0.1, 0.15) is 23.6 Å². The zero-order chi connectivity index (χ0) is 13.3. The molecule has 3 aliphatic rings. The molecule has 3 fully saturated rings. The highest BCUT2D eigenvalue weighted by atomic mass is 32.2. The Kier molecular flexibility index (Phi) is 2.25. The first-order chi connectivity index (χ1) is 8.25. The number of carbonyl (C=O) groups is 1. The first-order valence-corrected chi connectivity index (χ1v) is 7.19. The van der Waals surface area contributed by atoms with E-state index in [0.717, 1.165) is 0 Å². The number of fused-ring (bicyclic) bond motifs is 1. The third-order valence-corrected chi connectivity index (χ3v) is 5.58. The van der Waals surface area contributed by atoms with Crippen LogP contribution in [0.2, 0.25) is 0 Å². The van der Waals surface area contributed by atoms with Gasteiger partial charge in [0.2, 0.25) is 0 Å². The Labute approximate surface area is 105 Å². The van der Waals surface area contributed by atoms with Gasteiger partial charge < -0.3 is 9.47 Å². The van der Waals surface area contributed by atoms with Crippen LogP contribution in [0.5, 0.6) is 0 Å². The zero-order valence-electron chi connectivity index (χ0n) is 10.1. The van der Waals surface area contributed by atoms with Crippen molar-refractivity contribution >= 4 is 16.1 Å². The molecule has 0 aromatic heterocycles. The molecule has 0 aromatic rings. The molecule has 18 heavy (non-hydrogen) atoms. The monoisotopic (exact) mass is 274 g/mol. The molecule has 0 saturated carbocycles. The normalized spacial score (nSPS) is 47.2. The highest BCUT2D eigenvalue weighted by Crippen LogP contribution is 2.53. The molecule has 3 saturated heterocycles. The number of hydrogen-bond acceptors (Lipinski definition) is 6. The molecule has 3 aliphatic heterocycles. The zero-order valence-corrected chi connectivity index (χ0v) is 10.9. The summed E-state index contributed by atoms with van der Waals surface area (Å²) in [6.45, 7) is 6.70. The highest BCUT2D eigenvalue weighted by Gasteiger charge is 2.72. The van der Waals surface area contributed by atoms with E-state index < -0.39 is 45.3 Å². The van der Waals surface area contributed by atoms with Crippen LogP contribution in [0.15, 0.2) is 12.2 Å². The van der Waals surface area contributed by atoms with Crippen molar-refractivity contribution < 1.29 is 26.9 Å². The van der Waals surface area contributed by atoms with E-state index in [2.05, 4.69) is 6.58 Å². The van der Waals surface area contributed by atoms with Gasteiger partial charge in [0, 0.05) is 5.57 Å². The Balaban J connectivity index is 1.93. The van der Waals surface area contributed by atoms with Gasteiger partial charge in [0.15, 0.2) is 5.60 Å². The summed E-state index contributed by atoms with van der Waals surface area (Å²) in [5, 5.41) is -0.621. The lowest BCUT2D eigenvalue weighted by Gasteiger charge is -2.33. The van der Waals surface area contributed by atoms with Crippen LogP contribution in [0.25, 0.3) is 0 Å². The van der Waals surface area contributed by atoms with E-state index in [1.54, 1.807) is 6.92 Å². The molecule has 5 atom stereocenters. The first kappa shape index (κ1) is 12.1. The number of rotatable bonds is 2. The van der Waals surface area contributed by atoms with E-state index in [0.29, 0.717) is 6.42 Å². The van der Waals surface area contributed by atoms with Crippen LogP contribution in [-0.2, 0) is 28.6 Å². The highest BCUT2D eigenvalue weighted by molar-refractivity contribution is 7.87. The molecule has 3 rings (SSSR count). The molecular formula is C11H14O6S. The second kappa shape index (κ2) is 3.34. The summed E-state index contributed by atoms with van der Waals surface area (Å²) in [6.07, 6.45) is -1.39. The largest absolute Gasteiger partial charge is 0.450 e. The van der Waals surface area contributed by atoms with E-state index in [4.69, 9.17) is 13.7 Å². The summed E-state index contributed by atoms with van der Waals surface area (Å²) >= 11 is 0. The molecule has 0 amide bonds. The van der Waals surface area contributed by atoms with Crippen molar-refractivity contribution in [2.24, 2.45) is 0 Å². The maximum absolute atomic E-state index is 11.7. The fraction of sp³-hybridized carbons (Fsp3) is 0.727. The molecule has 7 heteroatoms. The molecule has 0 N–H and O–H groups in total. The topological polar surface area (TPSA) is 78.9 Å². The first-order valence-electron chi connectivity index (χ1n) is 5.72. The minimum absolute atomic E-state index is 0.261. The average Bonchev–Trinajstić information content (AvgIpc) is 2.83. The molecule has 6 nitrogen and oxygen atoms in total. The van der Waals surface area contributed by atoms with Crippen LogP contribution < -0.4 is 0 Å². The van der Waals surface area contributed by atoms with Gasteiger partial charge in [-0.25, -0.2) is 4.79 Å². The third kappa shape index (κ3) is 1.35. The van der Waals surface area contributed by atoms with Crippen molar-refractivity contribution in [2.75, 3.05) is 0 Å². The molecule has 3 heterocycles. The summed E-state index contributed by atoms with van der Waals surface area (Å²) in [7, 11) is -3.60. The maximum atomic E-state index is 11.7. The van der Waals surface area contributed by atoms with E-state index in [-0.39, 0.29) is 5.57 Å². The number of ether oxygens (including phenoxy) is 2. The van der Waals surface area contributed by atoms with Crippen LogP contribution in [0.4, 0.5) is 0 Å². The lowest BCUT2D eigenvalue weighted by molar-refractivity contribution is -0.165. The van der Waals surface area contributed by atoms with Gasteiger partial charge in [-0.2, -0.15) is 8.42 Å². The lowest BCUT2D eigenvalue weighted by atomic mass is 9.83. The quantitative estimate of drug-likeness (QED) is 0.405. The molecule has 100 valence electrons. The number of esters is 1. The minimum atomic E-state index is -3.60. The summed E-state index contributed by atoms with van der Waals surface area (Å²) in [5.41, 5.74) is -0.794. The van der Waals surface area contributed by atoms with Crippen LogP contribution in [-0.4, -0.2) is 43.5 Å². The molecule has 0 spiro atoms. The lowest BCUT2D eigenvalue weighted by Crippen LogP contribution is -2.52. The molecule has 2 bridgehead atoms. The van der Waals surface area contributed by atoms with Gasteiger partial charge in [-0.15, -0.1) is 0 Å². The fourth-order valence-electron chi connectivity index (χ4n) is 2.88. The van der Waals surface area contributed by atoms with Gasteiger partial charge >= 0.3 is 5.97 Å². The Bertz CT molecular complexity index is 538. The third-order valence-electron chi connectivity index (χ3n) is 3.91.